The lowest BCUT2D eigenvalue weighted by Gasteiger charge is -2.38. The lowest BCUT2D eigenvalue weighted by atomic mass is 9.70. The molecular formula is C26H37N3O5. The van der Waals surface area contributed by atoms with E-state index in [1.54, 1.807) is 12.1 Å². The summed E-state index contributed by atoms with van der Waals surface area (Å²) in [5, 5.41) is 15.7. The zero-order valence-corrected chi connectivity index (χ0v) is 20.8. The van der Waals surface area contributed by atoms with Gasteiger partial charge in [0.15, 0.2) is 0 Å². The molecule has 0 radical (unpaired) electrons. The zero-order chi connectivity index (χ0) is 24.9. The van der Waals surface area contributed by atoms with Gasteiger partial charge < -0.3 is 25.4 Å². The van der Waals surface area contributed by atoms with Gasteiger partial charge in [0.2, 0.25) is 17.7 Å². The van der Waals surface area contributed by atoms with Gasteiger partial charge in [-0.3, -0.25) is 14.4 Å². The number of amides is 3. The summed E-state index contributed by atoms with van der Waals surface area (Å²) in [6.07, 6.45) is 1.47. The predicted molar refractivity (Wildman–Crippen MR) is 128 cm³/mol. The zero-order valence-electron chi connectivity index (χ0n) is 20.8. The van der Waals surface area contributed by atoms with Crippen LogP contribution in [-0.2, 0) is 19.1 Å². The Labute approximate surface area is 201 Å². The first-order valence-electron chi connectivity index (χ1n) is 12.2. The number of likely N-dealkylation sites (tertiary alicyclic amines) is 1. The Hall–Kier alpha value is -2.45. The number of nitrogens with zero attached hydrogens (tertiary/aromatic N) is 1. The van der Waals surface area contributed by atoms with Crippen molar-refractivity contribution in [3.63, 3.8) is 0 Å². The Kier molecular flexibility index (Phi) is 6.27. The van der Waals surface area contributed by atoms with Gasteiger partial charge in [0, 0.05) is 17.8 Å². The third kappa shape index (κ3) is 4.33. The molecule has 1 aromatic carbocycles. The van der Waals surface area contributed by atoms with Crippen LogP contribution >= 0.6 is 0 Å². The first kappa shape index (κ1) is 24.7. The number of β-amino-alcohol motifs (C(OH)–C–C–N with tert-alkyl or cyclic N) is 1. The summed E-state index contributed by atoms with van der Waals surface area (Å²) in [6, 6.07) is 8.24. The third-order valence-electron chi connectivity index (χ3n) is 7.17. The van der Waals surface area contributed by atoms with E-state index >= 15 is 0 Å². The van der Waals surface area contributed by atoms with E-state index in [1.165, 1.54) is 4.90 Å². The topological polar surface area (TPSA) is 108 Å². The van der Waals surface area contributed by atoms with Gasteiger partial charge in [0.05, 0.1) is 24.5 Å². The van der Waals surface area contributed by atoms with Crippen molar-refractivity contribution in [3.05, 3.63) is 30.3 Å². The first-order valence-corrected chi connectivity index (χ1v) is 12.2. The van der Waals surface area contributed by atoms with Crippen LogP contribution in [0.3, 0.4) is 0 Å². The maximum Gasteiger partial charge on any atom is 0.246 e. The Morgan fingerprint density at radius 2 is 1.82 bits per heavy atom. The van der Waals surface area contributed by atoms with Gasteiger partial charge in [-0.25, -0.2) is 0 Å². The fourth-order valence-corrected chi connectivity index (χ4v) is 6.62. The second kappa shape index (κ2) is 8.64. The van der Waals surface area contributed by atoms with E-state index in [9.17, 15) is 19.5 Å². The van der Waals surface area contributed by atoms with Crippen molar-refractivity contribution in [2.24, 2.45) is 17.3 Å². The number of benzene rings is 1. The molecule has 3 N–H and O–H groups in total. The molecule has 3 aliphatic heterocycles. The van der Waals surface area contributed by atoms with Crippen LogP contribution in [-0.4, -0.2) is 64.2 Å². The number of fused-ring (bicyclic) bond motifs is 1. The highest BCUT2D eigenvalue weighted by Crippen LogP contribution is 2.58. The van der Waals surface area contributed by atoms with Crippen LogP contribution in [0.15, 0.2) is 30.3 Å². The first-order chi connectivity index (χ1) is 15.9. The van der Waals surface area contributed by atoms with Gasteiger partial charge in [0.25, 0.3) is 0 Å². The maximum atomic E-state index is 13.7. The Morgan fingerprint density at radius 1 is 1.15 bits per heavy atom. The standard InChI is InChI=1S/C26H37N3O5/c1-24(2,3)15-25(4,5)28-22(32)20-26-12-11-17(34-26)18(19(26)23(33)29(20)13-14-30)21(31)27-16-9-7-6-8-10-16/h6-10,17-20,30H,11-15H2,1-5H3,(H,27,31)(H,28,32)/t17-,18+,19-,20?,26?/m0/s1. The molecule has 1 spiro atoms. The lowest BCUT2D eigenvalue weighted by molar-refractivity contribution is -0.142. The summed E-state index contributed by atoms with van der Waals surface area (Å²) >= 11 is 0. The number of carbonyl (C=O) groups is 3. The number of ether oxygens (including phenoxy) is 1. The molecule has 3 fully saturated rings. The van der Waals surface area contributed by atoms with Gasteiger partial charge in [-0.15, -0.1) is 0 Å². The van der Waals surface area contributed by atoms with Crippen molar-refractivity contribution >= 4 is 23.4 Å². The minimum absolute atomic E-state index is 0.00316. The number of carbonyl (C=O) groups excluding carboxylic acids is 3. The molecule has 3 heterocycles. The highest BCUT2D eigenvalue weighted by atomic mass is 16.5. The van der Waals surface area contributed by atoms with Crippen molar-refractivity contribution in [2.75, 3.05) is 18.5 Å². The van der Waals surface area contributed by atoms with Gasteiger partial charge >= 0.3 is 0 Å². The Balaban J connectivity index is 1.62. The number of aliphatic hydroxyl groups is 1. The van der Waals surface area contributed by atoms with E-state index in [4.69, 9.17) is 4.74 Å². The van der Waals surface area contributed by atoms with Crippen LogP contribution in [0.2, 0.25) is 0 Å². The van der Waals surface area contributed by atoms with Gasteiger partial charge in [-0.1, -0.05) is 39.0 Å². The Bertz CT molecular complexity index is 957. The normalized spacial score (nSPS) is 30.4. The molecule has 8 heteroatoms. The van der Waals surface area contributed by atoms with E-state index in [0.717, 1.165) is 6.42 Å². The van der Waals surface area contributed by atoms with E-state index in [2.05, 4.69) is 31.4 Å². The molecular weight excluding hydrogens is 434 g/mol. The second-order valence-electron chi connectivity index (χ2n) is 11.8. The van der Waals surface area contributed by atoms with Crippen molar-refractivity contribution < 1.29 is 24.2 Å². The Morgan fingerprint density at radius 3 is 2.44 bits per heavy atom. The molecule has 186 valence electrons. The molecule has 34 heavy (non-hydrogen) atoms. The number of rotatable bonds is 7. The molecule has 3 saturated heterocycles. The number of para-hydroxylation sites is 1. The molecule has 5 atom stereocenters. The molecule has 4 rings (SSSR count). The summed E-state index contributed by atoms with van der Waals surface area (Å²) in [6.45, 7) is 10.0. The predicted octanol–water partition coefficient (Wildman–Crippen LogP) is 2.32. The third-order valence-corrected chi connectivity index (χ3v) is 7.17. The number of aliphatic hydroxyl groups excluding tert-OH is 1. The van der Waals surface area contributed by atoms with Crippen LogP contribution in [0.25, 0.3) is 0 Å². The van der Waals surface area contributed by atoms with Crippen LogP contribution in [0.4, 0.5) is 5.69 Å². The molecule has 0 aromatic heterocycles. The fraction of sp³-hybridized carbons (Fsp3) is 0.654. The van der Waals surface area contributed by atoms with Crippen LogP contribution in [0, 0.1) is 17.3 Å². The molecule has 2 bridgehead atoms. The van der Waals surface area contributed by atoms with E-state index in [-0.39, 0.29) is 36.3 Å². The summed E-state index contributed by atoms with van der Waals surface area (Å²) in [5.74, 6) is -2.28. The van der Waals surface area contributed by atoms with Crippen LogP contribution in [0.1, 0.15) is 53.9 Å². The summed E-state index contributed by atoms with van der Waals surface area (Å²) < 4.78 is 6.39. The van der Waals surface area contributed by atoms with Crippen LogP contribution in [0.5, 0.6) is 0 Å². The van der Waals surface area contributed by atoms with E-state index in [1.807, 2.05) is 32.0 Å². The van der Waals surface area contributed by atoms with Crippen molar-refractivity contribution in [2.45, 2.75) is 77.2 Å². The van der Waals surface area contributed by atoms with Gasteiger partial charge in [-0.2, -0.15) is 0 Å². The number of anilines is 1. The molecule has 0 saturated carbocycles. The molecule has 0 aliphatic carbocycles. The molecule has 1 aromatic rings. The van der Waals surface area contributed by atoms with Gasteiger partial charge in [0.1, 0.15) is 11.6 Å². The minimum Gasteiger partial charge on any atom is -0.395 e. The number of hydrogen-bond acceptors (Lipinski definition) is 5. The average Bonchev–Trinajstić information content (AvgIpc) is 3.34. The molecule has 2 unspecified atom stereocenters. The van der Waals surface area contributed by atoms with Gasteiger partial charge in [-0.05, 0) is 50.7 Å². The number of hydrogen-bond donors (Lipinski definition) is 3. The minimum atomic E-state index is -1.06. The molecule has 3 amide bonds. The van der Waals surface area contributed by atoms with Crippen molar-refractivity contribution in [3.8, 4) is 0 Å². The number of nitrogens with one attached hydrogen (secondary N) is 2. The maximum absolute atomic E-state index is 13.7. The molecule has 3 aliphatic rings. The van der Waals surface area contributed by atoms with Crippen molar-refractivity contribution in [1.82, 2.24) is 10.2 Å². The smallest absolute Gasteiger partial charge is 0.246 e. The highest BCUT2D eigenvalue weighted by Gasteiger charge is 2.74. The lowest BCUT2D eigenvalue weighted by Crippen LogP contribution is -2.59. The van der Waals surface area contributed by atoms with E-state index < -0.39 is 35.1 Å². The van der Waals surface area contributed by atoms with Crippen LogP contribution < -0.4 is 10.6 Å². The van der Waals surface area contributed by atoms with Crippen molar-refractivity contribution in [1.29, 1.82) is 0 Å². The average molecular weight is 472 g/mol. The SMILES string of the molecule is CC(C)(C)CC(C)(C)NC(=O)C1N(CCO)C(=O)[C@@H]2[C@H](C(=O)Nc3ccccc3)[C@@H]3CCC12O3. The summed E-state index contributed by atoms with van der Waals surface area (Å²) in [4.78, 5) is 42.0. The monoisotopic (exact) mass is 471 g/mol. The van der Waals surface area contributed by atoms with E-state index in [0.29, 0.717) is 18.5 Å². The second-order valence-corrected chi connectivity index (χ2v) is 11.8. The highest BCUT2D eigenvalue weighted by molar-refractivity contribution is 6.02. The largest absolute Gasteiger partial charge is 0.395 e. The summed E-state index contributed by atoms with van der Waals surface area (Å²) in [7, 11) is 0. The fourth-order valence-electron chi connectivity index (χ4n) is 6.62. The summed E-state index contributed by atoms with van der Waals surface area (Å²) in [5.41, 5.74) is -0.910. The molecule has 8 nitrogen and oxygen atoms in total. The quantitative estimate of drug-likeness (QED) is 0.566.